The first-order chi connectivity index (χ1) is 15.4. The van der Waals surface area contributed by atoms with Crippen LogP contribution in [-0.2, 0) is 11.3 Å². The minimum Gasteiger partial charge on any atom is -0.459 e. The largest absolute Gasteiger partial charge is 0.459 e. The van der Waals surface area contributed by atoms with E-state index in [0.29, 0.717) is 12.3 Å². The number of furan rings is 1. The third-order valence-corrected chi connectivity index (χ3v) is 5.86. The van der Waals surface area contributed by atoms with Crippen LogP contribution >= 0.6 is 0 Å². The van der Waals surface area contributed by atoms with Gasteiger partial charge in [0.15, 0.2) is 5.76 Å². The molecule has 1 atom stereocenters. The van der Waals surface area contributed by atoms with Gasteiger partial charge >= 0.3 is 0 Å². The van der Waals surface area contributed by atoms with Gasteiger partial charge < -0.3 is 19.5 Å². The summed E-state index contributed by atoms with van der Waals surface area (Å²) in [7, 11) is 3.95. The number of nitrogens with zero attached hydrogens (tertiary/aromatic N) is 2. The van der Waals surface area contributed by atoms with Crippen molar-refractivity contribution < 1.29 is 14.0 Å². The molecular weight excluding hydrogens is 402 g/mol. The van der Waals surface area contributed by atoms with Crippen LogP contribution in [0.1, 0.15) is 47.5 Å². The van der Waals surface area contributed by atoms with Gasteiger partial charge in [-0.25, -0.2) is 0 Å². The summed E-state index contributed by atoms with van der Waals surface area (Å²) in [4.78, 5) is 29.5. The average Bonchev–Trinajstić information content (AvgIpc) is 3.51. The highest BCUT2D eigenvalue weighted by Crippen LogP contribution is 2.32. The Morgan fingerprint density at radius 2 is 1.81 bits per heavy atom. The molecule has 3 aromatic rings. The van der Waals surface area contributed by atoms with Gasteiger partial charge in [-0.2, -0.15) is 0 Å². The van der Waals surface area contributed by atoms with Crippen molar-refractivity contribution in [3.63, 3.8) is 0 Å². The van der Waals surface area contributed by atoms with E-state index < -0.39 is 0 Å². The second kappa shape index (κ2) is 9.30. The van der Waals surface area contributed by atoms with Crippen LogP contribution in [0.3, 0.4) is 0 Å². The summed E-state index contributed by atoms with van der Waals surface area (Å²) < 4.78 is 5.43. The SMILES string of the molecule is CC(c1ccccc1)N(Cc1cc(NC(=O)C2CC2)ccc1N(C)C)C(=O)c1ccco1. The fourth-order valence-corrected chi connectivity index (χ4v) is 3.84. The minimum absolute atomic E-state index is 0.0646. The molecule has 1 heterocycles. The highest BCUT2D eigenvalue weighted by molar-refractivity contribution is 5.94. The first kappa shape index (κ1) is 21.7. The Morgan fingerprint density at radius 1 is 1.06 bits per heavy atom. The van der Waals surface area contributed by atoms with E-state index >= 15 is 0 Å². The van der Waals surface area contributed by atoms with E-state index in [9.17, 15) is 9.59 Å². The summed E-state index contributed by atoms with van der Waals surface area (Å²) in [5.41, 5.74) is 3.73. The molecule has 1 aliphatic carbocycles. The highest BCUT2D eigenvalue weighted by Gasteiger charge is 2.30. The molecule has 0 saturated heterocycles. The van der Waals surface area contributed by atoms with Crippen molar-refractivity contribution in [2.24, 2.45) is 5.92 Å². The molecule has 4 rings (SSSR count). The second-order valence-electron chi connectivity index (χ2n) is 8.50. The Balaban J connectivity index is 1.68. The van der Waals surface area contributed by atoms with Crippen LogP contribution in [0.15, 0.2) is 71.3 Å². The topological polar surface area (TPSA) is 65.8 Å². The van der Waals surface area contributed by atoms with Crippen molar-refractivity contribution in [2.75, 3.05) is 24.3 Å². The van der Waals surface area contributed by atoms with Gasteiger partial charge in [0.25, 0.3) is 5.91 Å². The number of hydrogen-bond acceptors (Lipinski definition) is 4. The highest BCUT2D eigenvalue weighted by atomic mass is 16.3. The lowest BCUT2D eigenvalue weighted by atomic mass is 10.0. The van der Waals surface area contributed by atoms with Gasteiger partial charge in [0.2, 0.25) is 5.91 Å². The van der Waals surface area contributed by atoms with E-state index in [1.54, 1.807) is 12.1 Å². The van der Waals surface area contributed by atoms with Crippen LogP contribution in [0, 0.1) is 5.92 Å². The fraction of sp³-hybridized carbons (Fsp3) is 0.308. The number of rotatable bonds is 8. The molecule has 0 aliphatic heterocycles. The summed E-state index contributed by atoms with van der Waals surface area (Å²) in [5.74, 6) is 0.317. The molecule has 2 aromatic carbocycles. The molecule has 166 valence electrons. The molecule has 1 unspecified atom stereocenters. The van der Waals surface area contributed by atoms with Crippen molar-refractivity contribution in [2.45, 2.75) is 32.4 Å². The van der Waals surface area contributed by atoms with Crippen LogP contribution in [0.25, 0.3) is 0 Å². The molecular formula is C26H29N3O3. The smallest absolute Gasteiger partial charge is 0.290 e. The molecule has 1 fully saturated rings. The monoisotopic (exact) mass is 431 g/mol. The zero-order valence-electron chi connectivity index (χ0n) is 18.7. The first-order valence-electron chi connectivity index (χ1n) is 10.9. The van der Waals surface area contributed by atoms with Gasteiger partial charge in [-0.15, -0.1) is 0 Å². The summed E-state index contributed by atoms with van der Waals surface area (Å²) in [6.07, 6.45) is 3.42. The number of anilines is 2. The van der Waals surface area contributed by atoms with Crippen LogP contribution in [0.2, 0.25) is 0 Å². The van der Waals surface area contributed by atoms with Crippen LogP contribution in [0.5, 0.6) is 0 Å². The molecule has 32 heavy (non-hydrogen) atoms. The number of hydrogen-bond donors (Lipinski definition) is 1. The summed E-state index contributed by atoms with van der Waals surface area (Å²) >= 11 is 0. The molecule has 0 spiro atoms. The van der Waals surface area contributed by atoms with E-state index in [-0.39, 0.29) is 23.8 Å². The lowest BCUT2D eigenvalue weighted by molar-refractivity contribution is -0.117. The maximum atomic E-state index is 13.4. The minimum atomic E-state index is -0.177. The van der Waals surface area contributed by atoms with Crippen LogP contribution < -0.4 is 10.2 Å². The van der Waals surface area contributed by atoms with Crippen molar-refractivity contribution >= 4 is 23.2 Å². The number of amides is 2. The Labute approximate surface area is 188 Å². The average molecular weight is 432 g/mol. The zero-order valence-corrected chi connectivity index (χ0v) is 18.7. The summed E-state index contributed by atoms with van der Waals surface area (Å²) in [6, 6.07) is 19.1. The Kier molecular flexibility index (Phi) is 6.30. The molecule has 1 aromatic heterocycles. The van der Waals surface area contributed by atoms with Gasteiger partial charge in [-0.1, -0.05) is 30.3 Å². The van der Waals surface area contributed by atoms with E-state index in [1.807, 2.05) is 79.3 Å². The van der Waals surface area contributed by atoms with Crippen molar-refractivity contribution in [3.05, 3.63) is 83.8 Å². The molecule has 2 amide bonds. The third-order valence-electron chi connectivity index (χ3n) is 5.86. The second-order valence-corrected chi connectivity index (χ2v) is 8.50. The van der Waals surface area contributed by atoms with E-state index in [2.05, 4.69) is 5.32 Å². The van der Waals surface area contributed by atoms with Gasteiger partial charge in [-0.05, 0) is 61.2 Å². The predicted molar refractivity (Wildman–Crippen MR) is 126 cm³/mol. The maximum Gasteiger partial charge on any atom is 0.290 e. The van der Waals surface area contributed by atoms with Crippen molar-refractivity contribution in [1.82, 2.24) is 4.90 Å². The lowest BCUT2D eigenvalue weighted by Gasteiger charge is -2.31. The normalized spacial score (nSPS) is 14.0. The molecule has 1 N–H and O–H groups in total. The quantitative estimate of drug-likeness (QED) is 0.539. The van der Waals surface area contributed by atoms with E-state index in [4.69, 9.17) is 4.42 Å². The maximum absolute atomic E-state index is 13.4. The lowest BCUT2D eigenvalue weighted by Crippen LogP contribution is -2.33. The van der Waals surface area contributed by atoms with Gasteiger partial charge in [0.1, 0.15) is 0 Å². The molecule has 6 heteroatoms. The zero-order chi connectivity index (χ0) is 22.7. The first-order valence-corrected chi connectivity index (χ1v) is 10.9. The van der Waals surface area contributed by atoms with Gasteiger partial charge in [0.05, 0.1) is 12.3 Å². The molecule has 0 bridgehead atoms. The van der Waals surface area contributed by atoms with Crippen LogP contribution in [0.4, 0.5) is 11.4 Å². The molecule has 6 nitrogen and oxygen atoms in total. The standard InChI is InChI=1S/C26H29N3O3/c1-18(19-8-5-4-6-9-19)29(26(31)24-10-7-15-32-24)17-21-16-22(13-14-23(21)28(2)3)27-25(30)20-11-12-20/h4-10,13-16,18,20H,11-12,17H2,1-3H3,(H,27,30). The Hall–Kier alpha value is -3.54. The predicted octanol–water partition coefficient (Wildman–Crippen LogP) is 5.10. The third kappa shape index (κ3) is 4.85. The van der Waals surface area contributed by atoms with Crippen LogP contribution in [-0.4, -0.2) is 30.8 Å². The van der Waals surface area contributed by atoms with Gasteiger partial charge in [0, 0.05) is 37.9 Å². The molecule has 1 saturated carbocycles. The van der Waals surface area contributed by atoms with Gasteiger partial charge in [-0.3, -0.25) is 9.59 Å². The fourth-order valence-electron chi connectivity index (χ4n) is 3.84. The number of nitrogens with one attached hydrogen (secondary N) is 1. The summed E-state index contributed by atoms with van der Waals surface area (Å²) in [5, 5.41) is 3.02. The number of benzene rings is 2. The van der Waals surface area contributed by atoms with E-state index in [1.165, 1.54) is 6.26 Å². The van der Waals surface area contributed by atoms with Crippen molar-refractivity contribution in [1.29, 1.82) is 0 Å². The summed E-state index contributed by atoms with van der Waals surface area (Å²) in [6.45, 7) is 2.39. The Morgan fingerprint density at radius 3 is 2.44 bits per heavy atom. The number of carbonyl (C=O) groups excluding carboxylic acids is 2. The number of carbonyl (C=O) groups is 2. The Bertz CT molecular complexity index is 1070. The molecule has 0 radical (unpaired) electrons. The van der Waals surface area contributed by atoms with E-state index in [0.717, 1.165) is 35.3 Å². The molecule has 1 aliphatic rings. The van der Waals surface area contributed by atoms with Crippen molar-refractivity contribution in [3.8, 4) is 0 Å².